The van der Waals surface area contributed by atoms with E-state index in [0.717, 1.165) is 49.1 Å². The highest BCUT2D eigenvalue weighted by Gasteiger charge is 2.11. The first-order chi connectivity index (χ1) is 9.84. The number of hydrogen-bond donors (Lipinski definition) is 0. The molecular weight excluding hydrogens is 270 g/mol. The van der Waals surface area contributed by atoms with Gasteiger partial charge in [0.1, 0.15) is 11.4 Å². The van der Waals surface area contributed by atoms with Crippen LogP contribution in [0.2, 0.25) is 0 Å². The smallest absolute Gasteiger partial charge is 0.117 e. The van der Waals surface area contributed by atoms with Gasteiger partial charge in [-0.2, -0.15) is 0 Å². The predicted molar refractivity (Wildman–Crippen MR) is 82.3 cm³/mol. The van der Waals surface area contributed by atoms with Gasteiger partial charge in [0.15, 0.2) is 0 Å². The van der Waals surface area contributed by atoms with Crippen molar-refractivity contribution >= 4 is 22.7 Å². The van der Waals surface area contributed by atoms with Crippen molar-refractivity contribution in [3.05, 3.63) is 30.1 Å². The molecule has 0 saturated carbocycles. The molecule has 1 aliphatic heterocycles. The van der Waals surface area contributed by atoms with Crippen molar-refractivity contribution in [2.24, 2.45) is 0 Å². The zero-order valence-electron chi connectivity index (χ0n) is 11.7. The Morgan fingerprint density at radius 2 is 2.10 bits per heavy atom. The zero-order chi connectivity index (χ0) is 13.8. The number of aryl methyl sites for hydroxylation is 1. The summed E-state index contributed by atoms with van der Waals surface area (Å²) in [5, 5.41) is 2.26. The van der Waals surface area contributed by atoms with E-state index in [1.807, 2.05) is 11.8 Å². The van der Waals surface area contributed by atoms with Crippen LogP contribution in [0.1, 0.15) is 5.56 Å². The topological polar surface area (TPSA) is 38.2 Å². The van der Waals surface area contributed by atoms with Crippen LogP contribution in [0.4, 0.5) is 0 Å². The third-order valence-corrected chi connectivity index (χ3v) is 4.57. The highest BCUT2D eigenvalue weighted by molar-refractivity contribution is 7.99. The number of thioether (sulfide) groups is 1. The first kappa shape index (κ1) is 13.8. The van der Waals surface area contributed by atoms with Crippen LogP contribution < -0.4 is 0 Å². The van der Waals surface area contributed by atoms with Crippen molar-refractivity contribution in [3.8, 4) is 0 Å². The Morgan fingerprint density at radius 1 is 1.25 bits per heavy atom. The molecule has 1 aromatic carbocycles. The molecule has 106 valence electrons. The van der Waals surface area contributed by atoms with Crippen molar-refractivity contribution in [1.29, 1.82) is 0 Å². The maximum atomic E-state index is 5.37. The van der Waals surface area contributed by atoms with Gasteiger partial charge >= 0.3 is 0 Å². The van der Waals surface area contributed by atoms with Gasteiger partial charge < -0.3 is 4.74 Å². The molecule has 0 unspecified atom stereocenters. The highest BCUT2D eigenvalue weighted by atomic mass is 32.2. The fraction of sp³-hybridized carbons (Fsp3) is 0.467. The summed E-state index contributed by atoms with van der Waals surface area (Å²) in [5.41, 5.74) is 2.27. The van der Waals surface area contributed by atoms with Gasteiger partial charge in [0.25, 0.3) is 0 Å². The molecular formula is C15H19N3OS. The third-order valence-electron chi connectivity index (χ3n) is 3.58. The number of fused-ring (bicyclic) bond motifs is 1. The van der Waals surface area contributed by atoms with E-state index >= 15 is 0 Å². The minimum atomic E-state index is 0.861. The SMILES string of the molecule is Cc1cccc2c(SCCN3CCOCC3)ncnc12. The third kappa shape index (κ3) is 3.11. The monoisotopic (exact) mass is 289 g/mol. The molecule has 20 heavy (non-hydrogen) atoms. The summed E-state index contributed by atoms with van der Waals surface area (Å²) in [7, 11) is 0. The Hall–Kier alpha value is -1.17. The lowest BCUT2D eigenvalue weighted by atomic mass is 10.1. The van der Waals surface area contributed by atoms with Crippen molar-refractivity contribution < 1.29 is 4.74 Å². The summed E-state index contributed by atoms with van der Waals surface area (Å²) in [6.45, 7) is 7.00. The highest BCUT2D eigenvalue weighted by Crippen LogP contribution is 2.25. The lowest BCUT2D eigenvalue weighted by Gasteiger charge is -2.26. The van der Waals surface area contributed by atoms with Crippen molar-refractivity contribution in [3.63, 3.8) is 0 Å². The number of para-hydroxylation sites is 1. The maximum absolute atomic E-state index is 5.37. The zero-order valence-corrected chi connectivity index (χ0v) is 12.5. The van der Waals surface area contributed by atoms with E-state index in [-0.39, 0.29) is 0 Å². The summed E-state index contributed by atoms with van der Waals surface area (Å²) in [5.74, 6) is 1.06. The lowest BCUT2D eigenvalue weighted by Crippen LogP contribution is -2.37. The molecule has 0 spiro atoms. The normalized spacial score (nSPS) is 16.6. The second-order valence-electron chi connectivity index (χ2n) is 4.95. The van der Waals surface area contributed by atoms with E-state index in [0.29, 0.717) is 0 Å². The molecule has 3 rings (SSSR count). The maximum Gasteiger partial charge on any atom is 0.117 e. The Kier molecular flexibility index (Phi) is 4.50. The molecule has 5 heteroatoms. The summed E-state index contributed by atoms with van der Waals surface area (Å²) in [4.78, 5) is 11.3. The Balaban J connectivity index is 1.66. The molecule has 1 fully saturated rings. The van der Waals surface area contributed by atoms with Crippen LogP contribution in [-0.4, -0.2) is 53.5 Å². The fourth-order valence-corrected chi connectivity index (χ4v) is 3.41. The van der Waals surface area contributed by atoms with Gasteiger partial charge in [0.2, 0.25) is 0 Å². The van der Waals surface area contributed by atoms with E-state index in [1.54, 1.807) is 6.33 Å². The average Bonchev–Trinajstić information content (AvgIpc) is 2.49. The Morgan fingerprint density at radius 3 is 2.95 bits per heavy atom. The van der Waals surface area contributed by atoms with Crippen LogP contribution in [0.5, 0.6) is 0 Å². The van der Waals surface area contributed by atoms with Gasteiger partial charge in [0, 0.05) is 30.8 Å². The fourth-order valence-electron chi connectivity index (χ4n) is 2.42. The molecule has 0 radical (unpaired) electrons. The van der Waals surface area contributed by atoms with Crippen molar-refractivity contribution in [2.45, 2.75) is 11.9 Å². The molecule has 0 N–H and O–H groups in total. The lowest BCUT2D eigenvalue weighted by molar-refractivity contribution is 0.0410. The Bertz CT molecular complexity index is 584. The molecule has 2 aromatic rings. The molecule has 1 aromatic heterocycles. The number of morpholine rings is 1. The van der Waals surface area contributed by atoms with Gasteiger partial charge in [-0.1, -0.05) is 18.2 Å². The predicted octanol–water partition coefficient (Wildman–Crippen LogP) is 2.36. The quantitative estimate of drug-likeness (QED) is 0.638. The van der Waals surface area contributed by atoms with E-state index in [1.165, 1.54) is 10.9 Å². The van der Waals surface area contributed by atoms with Crippen molar-refractivity contribution in [2.75, 3.05) is 38.6 Å². The second-order valence-corrected chi connectivity index (χ2v) is 6.04. The second kappa shape index (κ2) is 6.52. The summed E-state index contributed by atoms with van der Waals surface area (Å²) >= 11 is 1.82. The first-order valence-electron chi connectivity index (χ1n) is 6.98. The van der Waals surface area contributed by atoms with Gasteiger partial charge in [-0.15, -0.1) is 11.8 Å². The van der Waals surface area contributed by atoms with Crippen molar-refractivity contribution in [1.82, 2.24) is 14.9 Å². The number of nitrogens with zero attached hydrogens (tertiary/aromatic N) is 3. The van der Waals surface area contributed by atoms with E-state index in [4.69, 9.17) is 4.74 Å². The molecule has 4 nitrogen and oxygen atoms in total. The number of ether oxygens (including phenoxy) is 1. The standard InChI is InChI=1S/C15H19N3OS/c1-12-3-2-4-13-14(12)16-11-17-15(13)20-10-7-18-5-8-19-9-6-18/h2-4,11H,5-10H2,1H3. The molecule has 1 aliphatic rings. The average molecular weight is 289 g/mol. The summed E-state index contributed by atoms with van der Waals surface area (Å²) in [6.07, 6.45) is 1.67. The van der Waals surface area contributed by atoms with Crippen LogP contribution in [0.15, 0.2) is 29.6 Å². The molecule has 0 amide bonds. The molecule has 2 heterocycles. The van der Waals surface area contributed by atoms with Crippen LogP contribution in [0.3, 0.4) is 0 Å². The van der Waals surface area contributed by atoms with Gasteiger partial charge in [-0.3, -0.25) is 4.90 Å². The van der Waals surface area contributed by atoms with Gasteiger partial charge in [0.05, 0.1) is 18.7 Å². The molecule has 0 aliphatic carbocycles. The van der Waals surface area contributed by atoms with E-state index in [2.05, 4.69) is 40.0 Å². The van der Waals surface area contributed by atoms with E-state index < -0.39 is 0 Å². The summed E-state index contributed by atoms with van der Waals surface area (Å²) < 4.78 is 5.37. The number of benzene rings is 1. The summed E-state index contributed by atoms with van der Waals surface area (Å²) in [6, 6.07) is 6.28. The number of hydrogen-bond acceptors (Lipinski definition) is 5. The van der Waals surface area contributed by atoms with Crippen LogP contribution in [0.25, 0.3) is 10.9 Å². The van der Waals surface area contributed by atoms with Crippen LogP contribution >= 0.6 is 11.8 Å². The van der Waals surface area contributed by atoms with Crippen LogP contribution in [-0.2, 0) is 4.74 Å². The number of rotatable bonds is 4. The largest absolute Gasteiger partial charge is 0.379 e. The molecule has 1 saturated heterocycles. The van der Waals surface area contributed by atoms with Crippen LogP contribution in [0, 0.1) is 6.92 Å². The first-order valence-corrected chi connectivity index (χ1v) is 7.96. The minimum Gasteiger partial charge on any atom is -0.379 e. The van der Waals surface area contributed by atoms with Gasteiger partial charge in [-0.25, -0.2) is 9.97 Å². The Labute approximate surface area is 123 Å². The van der Waals surface area contributed by atoms with Gasteiger partial charge in [-0.05, 0) is 12.5 Å². The number of aromatic nitrogens is 2. The minimum absolute atomic E-state index is 0.861. The molecule has 0 atom stereocenters. The van der Waals surface area contributed by atoms with E-state index in [9.17, 15) is 0 Å². The molecule has 0 bridgehead atoms.